The van der Waals surface area contributed by atoms with Gasteiger partial charge in [0.25, 0.3) is 0 Å². The number of aromatic nitrogens is 2. The molecule has 44 heavy (non-hydrogen) atoms. The Morgan fingerprint density at radius 3 is 2.00 bits per heavy atom. The number of nitrogens with zero attached hydrogens (tertiary/aromatic N) is 1. The third-order valence-corrected chi connectivity index (χ3v) is 8.80. The molecule has 1 aliphatic heterocycles. The van der Waals surface area contributed by atoms with E-state index in [1.807, 2.05) is 78.9 Å². The van der Waals surface area contributed by atoms with Crippen LogP contribution in [0.4, 0.5) is 0 Å². The van der Waals surface area contributed by atoms with Gasteiger partial charge < -0.3 is 0 Å². The van der Waals surface area contributed by atoms with E-state index in [2.05, 4.69) is 20.6 Å². The summed E-state index contributed by atoms with van der Waals surface area (Å²) in [6, 6.07) is 22.0. The van der Waals surface area contributed by atoms with Crippen molar-refractivity contribution in [2.24, 2.45) is 0 Å². The molecule has 10 nitrogen and oxygen atoms in total. The van der Waals surface area contributed by atoms with Crippen molar-refractivity contribution in [2.75, 3.05) is 27.5 Å². The molecule has 0 spiro atoms. The van der Waals surface area contributed by atoms with Crippen LogP contribution >= 0.6 is 6.06 Å². The van der Waals surface area contributed by atoms with Gasteiger partial charge in [0.05, 0.1) is 14.2 Å². The normalized spacial score (nSPS) is 19.8. The minimum absolute atomic E-state index is 0.00516. The molecule has 1 fully saturated rings. The minimum atomic E-state index is -3.09. The Morgan fingerprint density at radius 2 is 1.48 bits per heavy atom. The summed E-state index contributed by atoms with van der Waals surface area (Å²) in [6.45, 7) is 3.10. The number of H-pyrrole nitrogens is 1. The van der Waals surface area contributed by atoms with E-state index >= 15 is 0 Å². The Kier molecular flexibility index (Phi) is 9.65. The van der Waals surface area contributed by atoms with Gasteiger partial charge in [-0.3, -0.25) is 0 Å². The summed E-state index contributed by atoms with van der Waals surface area (Å²) in [6.07, 6.45) is -0.519. The average Bonchev–Trinajstić information content (AvgIpc) is 3.41. The van der Waals surface area contributed by atoms with Crippen molar-refractivity contribution in [3.05, 3.63) is 128 Å². The number of ether oxygens (including phenoxy) is 4. The monoisotopic (exact) mass is 685 g/mol. The molecule has 3 aromatic carbocycles. The second kappa shape index (κ2) is 13.3. The third kappa shape index (κ3) is 6.79. The van der Waals surface area contributed by atoms with Crippen LogP contribution in [0.2, 0.25) is 0 Å². The van der Waals surface area contributed by atoms with Crippen LogP contribution in [0.25, 0.3) is 0 Å². The van der Waals surface area contributed by atoms with E-state index in [0.29, 0.717) is 17.1 Å². The van der Waals surface area contributed by atoms with Crippen molar-refractivity contribution in [2.45, 2.75) is 37.4 Å². The molecule has 0 bridgehead atoms. The van der Waals surface area contributed by atoms with Crippen LogP contribution in [0.15, 0.2) is 94.6 Å². The van der Waals surface area contributed by atoms with Crippen LogP contribution in [0.3, 0.4) is 0 Å². The molecule has 12 heteroatoms. The Hall–Kier alpha value is -3.43. The van der Waals surface area contributed by atoms with Gasteiger partial charge in [0.15, 0.2) is 0 Å². The molecule has 0 aliphatic carbocycles. The Labute approximate surface area is 263 Å². The molecule has 1 unspecified atom stereocenters. The summed E-state index contributed by atoms with van der Waals surface area (Å²) in [5.74, 6) is 1.39. The van der Waals surface area contributed by atoms with Crippen LogP contribution in [-0.4, -0.2) is 64.8 Å². The molecule has 1 N–H and O–H groups in total. The van der Waals surface area contributed by atoms with Crippen LogP contribution in [0.5, 0.6) is 11.5 Å². The van der Waals surface area contributed by atoms with Gasteiger partial charge in [-0.05, 0) is 0 Å². The molecule has 1 aromatic heterocycles. The molecule has 0 amide bonds. The maximum absolute atomic E-state index is 12.8. The standard InChI is InChI=1S/C32H34N2O8PSe/c1-21-19-34(31(36)33-30(21)35)29-18-27(42-43(4,37)44)28(41-29)20-40-32(22-8-6-5-7-9-22,23-10-14-25(38-2)15-11-23)24-12-16-26(39-3)17-13-24/h5-17,19,27-29H,18,20H2,1-4H3,(H,33,35,36)/t27-,28+,29+,43?/m0/s1. The van der Waals surface area contributed by atoms with Gasteiger partial charge in [0, 0.05) is 0 Å². The van der Waals surface area contributed by atoms with Crippen molar-refractivity contribution in [1.82, 2.24) is 9.55 Å². The van der Waals surface area contributed by atoms with Crippen LogP contribution in [0, 0.1) is 6.92 Å². The molecule has 0 saturated carbocycles. The second-order valence-corrected chi connectivity index (χ2v) is 16.5. The fourth-order valence-electron chi connectivity index (χ4n) is 5.46. The molecule has 4 atom stereocenters. The quantitative estimate of drug-likeness (QED) is 0.139. The number of methoxy groups -OCH3 is 2. The first-order valence-corrected chi connectivity index (χ1v) is 18.3. The van der Waals surface area contributed by atoms with Crippen molar-refractivity contribution >= 4 is 21.6 Å². The van der Waals surface area contributed by atoms with E-state index in [-0.39, 0.29) is 13.0 Å². The van der Waals surface area contributed by atoms with Gasteiger partial charge in [-0.2, -0.15) is 0 Å². The molecule has 231 valence electrons. The van der Waals surface area contributed by atoms with Gasteiger partial charge in [-0.25, -0.2) is 0 Å². The number of aryl methyl sites for hydroxylation is 1. The number of hydrogen-bond donors (Lipinski definition) is 1. The first-order valence-electron chi connectivity index (χ1n) is 14.0. The zero-order chi connectivity index (χ0) is 31.5. The fourth-order valence-corrected chi connectivity index (χ4v) is 6.87. The predicted octanol–water partition coefficient (Wildman–Crippen LogP) is 4.54. The van der Waals surface area contributed by atoms with Gasteiger partial charge in [0.1, 0.15) is 0 Å². The number of rotatable bonds is 11. The fraction of sp³-hybridized carbons (Fsp3) is 0.312. The van der Waals surface area contributed by atoms with Crippen molar-refractivity contribution in [1.29, 1.82) is 0 Å². The summed E-state index contributed by atoms with van der Waals surface area (Å²) in [4.78, 5) is 27.1. The van der Waals surface area contributed by atoms with Crippen LogP contribution < -0.4 is 20.7 Å². The summed E-state index contributed by atoms with van der Waals surface area (Å²) in [5, 5.41) is 0. The van der Waals surface area contributed by atoms with E-state index in [1.165, 1.54) is 17.4 Å². The second-order valence-electron chi connectivity index (χ2n) is 10.6. The van der Waals surface area contributed by atoms with E-state index in [4.69, 9.17) is 23.5 Å². The molecule has 1 saturated heterocycles. The van der Waals surface area contributed by atoms with E-state index in [0.717, 1.165) is 16.7 Å². The molecular weight excluding hydrogens is 650 g/mol. The number of nitrogens with one attached hydrogen (secondary N) is 1. The summed E-state index contributed by atoms with van der Waals surface area (Å²) < 4.78 is 44.3. The maximum atomic E-state index is 12.8. The summed E-state index contributed by atoms with van der Waals surface area (Å²) in [7, 11) is 3.22. The Bertz CT molecular complexity index is 1690. The molecule has 1 radical (unpaired) electrons. The van der Waals surface area contributed by atoms with Crippen LogP contribution in [-0.2, 0) is 24.2 Å². The molecule has 2 heterocycles. The number of hydrogen-bond acceptors (Lipinski definition) is 8. The average molecular weight is 685 g/mol. The van der Waals surface area contributed by atoms with Crippen molar-refractivity contribution in [3.63, 3.8) is 0 Å². The predicted molar refractivity (Wildman–Crippen MR) is 167 cm³/mol. The van der Waals surface area contributed by atoms with E-state index < -0.39 is 41.3 Å². The van der Waals surface area contributed by atoms with Crippen molar-refractivity contribution < 1.29 is 28.0 Å². The van der Waals surface area contributed by atoms with Gasteiger partial charge in [-0.15, -0.1) is 0 Å². The van der Waals surface area contributed by atoms with E-state index in [9.17, 15) is 14.2 Å². The summed E-state index contributed by atoms with van der Waals surface area (Å²) >= 11 is 2.62. The van der Waals surface area contributed by atoms with Gasteiger partial charge in [0.2, 0.25) is 0 Å². The topological polar surface area (TPSA) is 118 Å². The molecule has 4 aromatic rings. The zero-order valence-corrected chi connectivity index (χ0v) is 27.4. The number of benzene rings is 3. The Morgan fingerprint density at radius 1 is 0.932 bits per heavy atom. The number of aromatic amines is 1. The SMILES string of the molecule is COc1ccc(C(OC[C@H]2O[C@@H](n3cc(C)c(=O)[nH]c3=O)C[C@@H]2OP(C)(=O)[Se])(c2ccccc2)c2ccc(OC)cc2)cc1. The van der Waals surface area contributed by atoms with E-state index in [1.54, 1.807) is 21.1 Å². The van der Waals surface area contributed by atoms with Crippen molar-refractivity contribution in [3.8, 4) is 11.5 Å². The molecule has 5 rings (SSSR count). The molecular formula is C32H34N2O8PSe. The summed E-state index contributed by atoms with van der Waals surface area (Å²) in [5.41, 5.74) is 0.690. The third-order valence-electron chi connectivity index (χ3n) is 7.60. The van der Waals surface area contributed by atoms with Gasteiger partial charge in [-0.1, -0.05) is 0 Å². The Balaban J connectivity index is 1.59. The zero-order valence-electron chi connectivity index (χ0n) is 24.8. The first kappa shape index (κ1) is 32.0. The van der Waals surface area contributed by atoms with Gasteiger partial charge >= 0.3 is 250 Å². The van der Waals surface area contributed by atoms with Crippen LogP contribution in [0.1, 0.15) is 34.9 Å². The molecule has 1 aliphatic rings. The first-order chi connectivity index (χ1) is 21.0.